The molecule has 0 atom stereocenters. The average Bonchev–Trinajstić information content (AvgIpc) is 2.74. The number of nitrogens with one attached hydrogen (secondary N) is 1. The van der Waals surface area contributed by atoms with Crippen LogP contribution in [-0.2, 0) is 6.61 Å². The molecule has 3 aromatic carbocycles. The van der Waals surface area contributed by atoms with Crippen LogP contribution in [0, 0.1) is 0 Å². The minimum Gasteiger partial charge on any atom is -0.497 e. The molecule has 0 spiro atoms. The minimum absolute atomic E-state index is 0.331. The Morgan fingerprint density at radius 2 is 1.83 bits per heavy atom. The van der Waals surface area contributed by atoms with Crippen molar-refractivity contribution in [3.63, 3.8) is 0 Å². The maximum atomic E-state index is 12.2. The van der Waals surface area contributed by atoms with E-state index in [9.17, 15) is 4.79 Å². The van der Waals surface area contributed by atoms with Gasteiger partial charge in [0, 0.05) is 16.1 Å². The molecule has 0 heterocycles. The number of rotatable bonds is 7. The summed E-state index contributed by atoms with van der Waals surface area (Å²) in [6, 6.07) is 18.0. The smallest absolute Gasteiger partial charge is 0.271 e. The standard InChI is InChI=1S/C22H17Br2ClN2O3/c1-29-17-7-4-6-15(11-17)22(28)27-26-12-14-9-18(23)21(19(24)10-14)30-13-16-5-2-3-8-20(16)25/h2-12H,13H2,1H3,(H,27,28)/b26-12-. The number of ether oxygens (including phenoxy) is 2. The summed E-state index contributed by atoms with van der Waals surface area (Å²) in [6.45, 7) is 0.334. The number of nitrogens with zero attached hydrogens (tertiary/aromatic N) is 1. The molecule has 0 aromatic heterocycles. The summed E-state index contributed by atoms with van der Waals surface area (Å²) in [4.78, 5) is 12.2. The van der Waals surface area contributed by atoms with Gasteiger partial charge in [-0.15, -0.1) is 0 Å². The van der Waals surface area contributed by atoms with Crippen molar-refractivity contribution in [3.05, 3.63) is 91.3 Å². The highest BCUT2D eigenvalue weighted by Gasteiger charge is 2.10. The van der Waals surface area contributed by atoms with Crippen LogP contribution in [0.2, 0.25) is 5.02 Å². The lowest BCUT2D eigenvalue weighted by atomic mass is 10.2. The third-order valence-corrected chi connectivity index (χ3v) is 5.61. The lowest BCUT2D eigenvalue weighted by molar-refractivity contribution is 0.0955. The Bertz CT molecular complexity index is 1070. The first-order valence-electron chi connectivity index (χ1n) is 8.80. The highest BCUT2D eigenvalue weighted by Crippen LogP contribution is 2.35. The molecular formula is C22H17Br2ClN2O3. The summed E-state index contributed by atoms with van der Waals surface area (Å²) in [5.41, 5.74) is 4.62. The highest BCUT2D eigenvalue weighted by molar-refractivity contribution is 9.11. The van der Waals surface area contributed by atoms with Gasteiger partial charge in [-0.3, -0.25) is 4.79 Å². The molecule has 1 amide bonds. The molecule has 3 aromatic rings. The molecule has 0 unspecified atom stereocenters. The number of hydrazone groups is 1. The molecule has 0 bridgehead atoms. The van der Waals surface area contributed by atoms with Gasteiger partial charge < -0.3 is 9.47 Å². The molecule has 5 nitrogen and oxygen atoms in total. The fraction of sp³-hybridized carbons (Fsp3) is 0.0909. The quantitative estimate of drug-likeness (QED) is 0.280. The highest BCUT2D eigenvalue weighted by atomic mass is 79.9. The van der Waals surface area contributed by atoms with Gasteiger partial charge in [0.1, 0.15) is 18.1 Å². The Hall–Kier alpha value is -2.35. The van der Waals surface area contributed by atoms with Crippen molar-refractivity contribution >= 4 is 55.6 Å². The lowest BCUT2D eigenvalue weighted by Gasteiger charge is -2.12. The third kappa shape index (κ3) is 5.84. The van der Waals surface area contributed by atoms with Crippen LogP contribution in [0.5, 0.6) is 11.5 Å². The second-order valence-corrected chi connectivity index (χ2v) is 8.24. The van der Waals surface area contributed by atoms with E-state index in [0.717, 1.165) is 20.1 Å². The fourth-order valence-electron chi connectivity index (χ4n) is 2.55. The molecule has 0 saturated carbocycles. The van der Waals surface area contributed by atoms with Gasteiger partial charge in [0.15, 0.2) is 0 Å². The van der Waals surface area contributed by atoms with Crippen LogP contribution < -0.4 is 14.9 Å². The second-order valence-electron chi connectivity index (χ2n) is 6.12. The van der Waals surface area contributed by atoms with E-state index in [1.807, 2.05) is 36.4 Å². The van der Waals surface area contributed by atoms with Crippen molar-refractivity contribution in [1.82, 2.24) is 5.43 Å². The predicted molar refractivity (Wildman–Crippen MR) is 126 cm³/mol. The van der Waals surface area contributed by atoms with E-state index in [0.29, 0.717) is 28.7 Å². The van der Waals surface area contributed by atoms with Crippen molar-refractivity contribution in [2.75, 3.05) is 7.11 Å². The number of methoxy groups -OCH3 is 1. The molecule has 154 valence electrons. The van der Waals surface area contributed by atoms with Crippen LogP contribution in [0.25, 0.3) is 0 Å². The molecule has 0 saturated heterocycles. The van der Waals surface area contributed by atoms with Gasteiger partial charge in [-0.05, 0) is 73.8 Å². The van der Waals surface area contributed by atoms with Crippen molar-refractivity contribution in [1.29, 1.82) is 0 Å². The Morgan fingerprint density at radius 3 is 2.53 bits per heavy atom. The monoisotopic (exact) mass is 550 g/mol. The number of amides is 1. The minimum atomic E-state index is -0.331. The average molecular weight is 553 g/mol. The van der Waals surface area contributed by atoms with E-state index in [2.05, 4.69) is 42.4 Å². The van der Waals surface area contributed by atoms with Gasteiger partial charge in [-0.1, -0.05) is 35.9 Å². The topological polar surface area (TPSA) is 59.9 Å². The van der Waals surface area contributed by atoms with Crippen LogP contribution in [0.15, 0.2) is 74.7 Å². The SMILES string of the molecule is COc1cccc(C(=O)N/N=C\c2cc(Br)c(OCc3ccccc3Cl)c(Br)c2)c1. The van der Waals surface area contributed by atoms with E-state index in [4.69, 9.17) is 21.1 Å². The lowest BCUT2D eigenvalue weighted by Crippen LogP contribution is -2.17. The number of carbonyl (C=O) groups is 1. The Balaban J connectivity index is 1.65. The zero-order chi connectivity index (χ0) is 21.5. The molecule has 0 radical (unpaired) electrons. The predicted octanol–water partition coefficient (Wildman–Crippen LogP) is 6.22. The van der Waals surface area contributed by atoms with Crippen LogP contribution in [-0.4, -0.2) is 19.2 Å². The van der Waals surface area contributed by atoms with Gasteiger partial charge in [-0.2, -0.15) is 5.10 Å². The summed E-state index contributed by atoms with van der Waals surface area (Å²) in [5, 5.41) is 4.68. The van der Waals surface area contributed by atoms with Gasteiger partial charge in [0.2, 0.25) is 0 Å². The Morgan fingerprint density at radius 1 is 1.10 bits per heavy atom. The first-order valence-corrected chi connectivity index (χ1v) is 10.8. The molecule has 3 rings (SSSR count). The van der Waals surface area contributed by atoms with Gasteiger partial charge in [-0.25, -0.2) is 5.43 Å². The van der Waals surface area contributed by atoms with Crippen molar-refractivity contribution < 1.29 is 14.3 Å². The molecular weight excluding hydrogens is 536 g/mol. The largest absolute Gasteiger partial charge is 0.497 e. The maximum absolute atomic E-state index is 12.2. The van der Waals surface area contributed by atoms with E-state index in [1.165, 1.54) is 0 Å². The van der Waals surface area contributed by atoms with Crippen LogP contribution in [0.4, 0.5) is 0 Å². The summed E-state index contributed by atoms with van der Waals surface area (Å²) in [6.07, 6.45) is 1.55. The van der Waals surface area contributed by atoms with Crippen LogP contribution in [0.3, 0.4) is 0 Å². The summed E-state index contributed by atoms with van der Waals surface area (Å²) >= 11 is 13.2. The fourth-order valence-corrected chi connectivity index (χ4v) is 4.19. The number of halogens is 3. The number of hydrogen-bond acceptors (Lipinski definition) is 4. The maximum Gasteiger partial charge on any atom is 0.271 e. The zero-order valence-electron chi connectivity index (χ0n) is 15.9. The van der Waals surface area contributed by atoms with Gasteiger partial charge in [0.25, 0.3) is 5.91 Å². The van der Waals surface area contributed by atoms with E-state index >= 15 is 0 Å². The first-order chi connectivity index (χ1) is 14.5. The van der Waals surface area contributed by atoms with Crippen molar-refractivity contribution in [2.24, 2.45) is 5.10 Å². The molecule has 0 fully saturated rings. The number of hydrogen-bond donors (Lipinski definition) is 1. The second kappa shape index (κ2) is 10.6. The molecule has 8 heteroatoms. The van der Waals surface area contributed by atoms with Gasteiger partial charge in [0.05, 0.1) is 22.3 Å². The Labute approximate surface area is 196 Å². The van der Waals surface area contributed by atoms with Crippen molar-refractivity contribution in [3.8, 4) is 11.5 Å². The van der Waals surface area contributed by atoms with E-state index < -0.39 is 0 Å². The first kappa shape index (κ1) is 22.3. The van der Waals surface area contributed by atoms with Crippen LogP contribution in [0.1, 0.15) is 21.5 Å². The molecule has 1 N–H and O–H groups in total. The summed E-state index contributed by atoms with van der Waals surface area (Å²) < 4.78 is 12.5. The summed E-state index contributed by atoms with van der Waals surface area (Å²) in [7, 11) is 1.55. The molecule has 0 aliphatic heterocycles. The van der Waals surface area contributed by atoms with Crippen LogP contribution >= 0.6 is 43.5 Å². The normalized spacial score (nSPS) is 10.8. The molecule has 30 heavy (non-hydrogen) atoms. The number of benzene rings is 3. The van der Waals surface area contributed by atoms with E-state index in [-0.39, 0.29) is 5.91 Å². The summed E-state index contributed by atoms with van der Waals surface area (Å²) in [5.74, 6) is 0.919. The molecule has 0 aliphatic rings. The third-order valence-electron chi connectivity index (χ3n) is 4.06. The van der Waals surface area contributed by atoms with E-state index in [1.54, 1.807) is 37.6 Å². The zero-order valence-corrected chi connectivity index (χ0v) is 19.8. The van der Waals surface area contributed by atoms with Crippen molar-refractivity contribution in [2.45, 2.75) is 6.61 Å². The molecule has 0 aliphatic carbocycles. The van der Waals surface area contributed by atoms with Gasteiger partial charge >= 0.3 is 0 Å². The Kier molecular flexibility index (Phi) is 7.90. The number of carbonyl (C=O) groups excluding carboxylic acids is 1.